The molecule has 1 heterocycles. The predicted molar refractivity (Wildman–Crippen MR) is 85.4 cm³/mol. The molecule has 9 nitrogen and oxygen atoms in total. The second-order valence-corrected chi connectivity index (χ2v) is 6.56. The van der Waals surface area contributed by atoms with Crippen LogP contribution in [0.5, 0.6) is 5.75 Å². The van der Waals surface area contributed by atoms with Crippen molar-refractivity contribution in [2.24, 2.45) is 5.73 Å². The Bertz CT molecular complexity index is 788. The molecule has 1 aromatic rings. The first-order valence-corrected chi connectivity index (χ1v) is 8.50. The molecule has 0 spiro atoms. The third-order valence-electron chi connectivity index (χ3n) is 3.19. The zero-order valence-corrected chi connectivity index (χ0v) is 13.4. The Balaban J connectivity index is 2.20. The Morgan fingerprint density at radius 1 is 1.46 bits per heavy atom. The van der Waals surface area contributed by atoms with Crippen LogP contribution in [0.2, 0.25) is 0 Å². The monoisotopic (exact) mass is 355 g/mol. The SMILES string of the molecule is N=C(N)NOS(=O)(=O)CC(=O)C1=Cc2cccc(CO)c2OCC1. The van der Waals surface area contributed by atoms with Crippen LogP contribution in [-0.4, -0.2) is 37.6 Å². The molecule has 0 saturated carbocycles. The summed E-state index contributed by atoms with van der Waals surface area (Å²) >= 11 is 0. The van der Waals surface area contributed by atoms with E-state index in [0.717, 1.165) is 0 Å². The van der Waals surface area contributed by atoms with Gasteiger partial charge in [0, 0.05) is 23.1 Å². The third kappa shape index (κ3) is 4.54. The Morgan fingerprint density at radius 3 is 2.88 bits per heavy atom. The van der Waals surface area contributed by atoms with Gasteiger partial charge in [-0.25, -0.2) is 5.48 Å². The molecule has 0 bridgehead atoms. The molecule has 1 aromatic carbocycles. The van der Waals surface area contributed by atoms with Crippen LogP contribution in [0.3, 0.4) is 0 Å². The number of carbonyl (C=O) groups is 1. The van der Waals surface area contributed by atoms with Gasteiger partial charge in [-0.3, -0.25) is 10.2 Å². The van der Waals surface area contributed by atoms with Gasteiger partial charge in [0.2, 0.25) is 5.96 Å². The first-order valence-electron chi connectivity index (χ1n) is 6.93. The number of aliphatic hydroxyl groups excluding tert-OH is 1. The smallest absolute Gasteiger partial charge is 0.295 e. The van der Waals surface area contributed by atoms with Crippen LogP contribution in [0.4, 0.5) is 0 Å². The van der Waals surface area contributed by atoms with E-state index in [4.69, 9.17) is 15.9 Å². The fourth-order valence-electron chi connectivity index (χ4n) is 2.15. The molecule has 0 aromatic heterocycles. The number of hydroxylamine groups is 1. The topological polar surface area (TPSA) is 152 Å². The van der Waals surface area contributed by atoms with Gasteiger partial charge in [-0.15, -0.1) is 4.28 Å². The molecule has 1 aliphatic rings. The van der Waals surface area contributed by atoms with Gasteiger partial charge in [0.1, 0.15) is 11.5 Å². The molecule has 1 aliphatic heterocycles. The van der Waals surface area contributed by atoms with E-state index in [1.54, 1.807) is 23.7 Å². The van der Waals surface area contributed by atoms with Crippen molar-refractivity contribution in [3.05, 3.63) is 34.9 Å². The number of para-hydroxylation sites is 1. The van der Waals surface area contributed by atoms with E-state index >= 15 is 0 Å². The zero-order valence-electron chi connectivity index (χ0n) is 12.6. The molecular formula is C14H17N3O6S. The quantitative estimate of drug-likeness (QED) is 0.307. The number of guanidine groups is 1. The Hall–Kier alpha value is -2.43. The predicted octanol–water partition coefficient (Wildman–Crippen LogP) is -0.342. The molecule has 0 amide bonds. The average molecular weight is 355 g/mol. The summed E-state index contributed by atoms with van der Waals surface area (Å²) in [6.45, 7) is -0.0343. The van der Waals surface area contributed by atoms with Gasteiger partial charge in [-0.2, -0.15) is 8.42 Å². The normalized spacial score (nSPS) is 14.0. The number of rotatable bonds is 6. The molecule has 0 radical (unpaired) electrons. The first kappa shape index (κ1) is 17.9. The van der Waals surface area contributed by atoms with E-state index in [1.165, 1.54) is 6.08 Å². The minimum Gasteiger partial charge on any atom is -0.492 e. The van der Waals surface area contributed by atoms with Crippen LogP contribution >= 0.6 is 0 Å². The van der Waals surface area contributed by atoms with Crippen LogP contribution in [0.15, 0.2) is 23.8 Å². The fourth-order valence-corrected chi connectivity index (χ4v) is 2.94. The van der Waals surface area contributed by atoms with E-state index in [9.17, 15) is 18.3 Å². The molecule has 0 saturated heterocycles. The number of aliphatic hydroxyl groups is 1. The summed E-state index contributed by atoms with van der Waals surface area (Å²) in [5.41, 5.74) is 8.04. The summed E-state index contributed by atoms with van der Waals surface area (Å²) in [5, 5.41) is 16.2. The standard InChI is InChI=1S/C14H17N3O6S/c15-14(16)17-23-24(20,21)8-12(19)9-4-5-22-13-10(6-9)2-1-3-11(13)7-18/h1-3,6,18H,4-5,7-8H2,(H4,15,16,17). The maximum atomic E-state index is 12.2. The number of Topliss-reactive ketones (excluding diaryl/α,β-unsaturated/α-hetero) is 1. The van der Waals surface area contributed by atoms with Crippen molar-refractivity contribution in [3.63, 3.8) is 0 Å². The number of carbonyl (C=O) groups excluding carboxylic acids is 1. The molecule has 2 rings (SSSR count). The van der Waals surface area contributed by atoms with Crippen molar-refractivity contribution >= 4 is 27.9 Å². The summed E-state index contributed by atoms with van der Waals surface area (Å²) in [6.07, 6.45) is 1.76. The van der Waals surface area contributed by atoms with Gasteiger partial charge in [0.15, 0.2) is 5.78 Å². The molecule has 0 unspecified atom stereocenters. The van der Waals surface area contributed by atoms with Gasteiger partial charge < -0.3 is 15.6 Å². The van der Waals surface area contributed by atoms with E-state index in [0.29, 0.717) is 16.9 Å². The minimum atomic E-state index is -4.23. The molecule has 24 heavy (non-hydrogen) atoms. The van der Waals surface area contributed by atoms with Crippen LogP contribution in [-0.2, 0) is 25.8 Å². The van der Waals surface area contributed by atoms with Crippen molar-refractivity contribution in [3.8, 4) is 5.75 Å². The van der Waals surface area contributed by atoms with Crippen LogP contribution in [0.1, 0.15) is 17.5 Å². The summed E-state index contributed by atoms with van der Waals surface area (Å²) in [6, 6.07) is 5.11. The molecule has 5 N–H and O–H groups in total. The summed E-state index contributed by atoms with van der Waals surface area (Å²) < 4.78 is 33.1. The highest BCUT2D eigenvalue weighted by atomic mass is 32.2. The highest BCUT2D eigenvalue weighted by Gasteiger charge is 2.23. The highest BCUT2D eigenvalue weighted by Crippen LogP contribution is 2.30. The molecule has 0 aliphatic carbocycles. The lowest BCUT2D eigenvalue weighted by atomic mass is 10.0. The van der Waals surface area contributed by atoms with Gasteiger partial charge in [-0.1, -0.05) is 18.2 Å². The Morgan fingerprint density at radius 2 is 2.21 bits per heavy atom. The number of ether oxygens (including phenoxy) is 1. The number of nitrogens with two attached hydrogens (primary N) is 1. The minimum absolute atomic E-state index is 0.175. The van der Waals surface area contributed by atoms with Gasteiger partial charge >= 0.3 is 0 Å². The first-order chi connectivity index (χ1) is 11.3. The maximum Gasteiger partial charge on any atom is 0.295 e. The van der Waals surface area contributed by atoms with Crippen molar-refractivity contribution in [1.82, 2.24) is 5.48 Å². The fraction of sp³-hybridized carbons (Fsp3) is 0.286. The van der Waals surface area contributed by atoms with Crippen molar-refractivity contribution in [1.29, 1.82) is 5.41 Å². The van der Waals surface area contributed by atoms with Crippen molar-refractivity contribution < 1.29 is 27.3 Å². The number of fused-ring (bicyclic) bond motifs is 1. The lowest BCUT2D eigenvalue weighted by Crippen LogP contribution is -2.34. The third-order valence-corrected chi connectivity index (χ3v) is 4.14. The molecule has 0 atom stereocenters. The Kier molecular flexibility index (Phi) is 5.54. The summed E-state index contributed by atoms with van der Waals surface area (Å²) in [5.74, 6) is -1.77. The maximum absolute atomic E-state index is 12.2. The molecule has 0 fully saturated rings. The van der Waals surface area contributed by atoms with E-state index in [2.05, 4.69) is 4.28 Å². The number of nitrogens with one attached hydrogen (secondary N) is 2. The van der Waals surface area contributed by atoms with Crippen molar-refractivity contribution in [2.75, 3.05) is 12.4 Å². The van der Waals surface area contributed by atoms with Crippen LogP contribution in [0.25, 0.3) is 6.08 Å². The largest absolute Gasteiger partial charge is 0.492 e. The van der Waals surface area contributed by atoms with Gasteiger partial charge in [0.25, 0.3) is 10.1 Å². The lowest BCUT2D eigenvalue weighted by Gasteiger charge is -2.09. The number of hydrogen-bond acceptors (Lipinski definition) is 7. The second-order valence-electron chi connectivity index (χ2n) is 4.99. The average Bonchev–Trinajstić information content (AvgIpc) is 2.74. The highest BCUT2D eigenvalue weighted by molar-refractivity contribution is 7.87. The summed E-state index contributed by atoms with van der Waals surface area (Å²) in [7, 11) is -4.23. The van der Waals surface area contributed by atoms with Crippen LogP contribution in [0, 0.1) is 5.41 Å². The lowest BCUT2D eigenvalue weighted by molar-refractivity contribution is -0.113. The van der Waals surface area contributed by atoms with Gasteiger partial charge in [-0.05, 0) is 6.08 Å². The van der Waals surface area contributed by atoms with E-state index in [1.807, 2.05) is 0 Å². The van der Waals surface area contributed by atoms with E-state index in [-0.39, 0.29) is 25.2 Å². The number of hydrogen-bond donors (Lipinski definition) is 4. The van der Waals surface area contributed by atoms with Crippen molar-refractivity contribution in [2.45, 2.75) is 13.0 Å². The number of benzene rings is 1. The summed E-state index contributed by atoms with van der Waals surface area (Å²) in [4.78, 5) is 12.2. The Labute approximate surface area is 138 Å². The zero-order chi connectivity index (χ0) is 17.7. The molecular weight excluding hydrogens is 338 g/mol. The molecule has 10 heteroatoms. The van der Waals surface area contributed by atoms with Gasteiger partial charge in [0.05, 0.1) is 13.2 Å². The molecule has 130 valence electrons. The van der Waals surface area contributed by atoms with E-state index < -0.39 is 27.6 Å². The number of ketones is 1. The second kappa shape index (κ2) is 7.43. The van der Waals surface area contributed by atoms with Crippen LogP contribution < -0.4 is 16.0 Å².